The molecule has 2 aromatic carbocycles. The van der Waals surface area contributed by atoms with Crippen molar-refractivity contribution in [3.8, 4) is 11.5 Å². The lowest BCUT2D eigenvalue weighted by Gasteiger charge is -1.97. The molecule has 0 amide bonds. The standard InChI is InChI=1S/C14H9Cl2NO/c1-8-2-3-13-12(4-8)17-14(18-13)9-5-10(15)7-11(16)6-9/h2-7H,1H3. The summed E-state index contributed by atoms with van der Waals surface area (Å²) in [7, 11) is 0. The van der Waals surface area contributed by atoms with Crippen LogP contribution in [0.15, 0.2) is 40.8 Å². The topological polar surface area (TPSA) is 26.0 Å². The number of fused-ring (bicyclic) bond motifs is 1. The third-order valence-corrected chi connectivity index (χ3v) is 3.09. The summed E-state index contributed by atoms with van der Waals surface area (Å²) in [5.74, 6) is 0.528. The maximum absolute atomic E-state index is 5.97. The summed E-state index contributed by atoms with van der Waals surface area (Å²) in [6.07, 6.45) is 0. The first-order chi connectivity index (χ1) is 8.61. The molecule has 0 bridgehead atoms. The van der Waals surface area contributed by atoms with Crippen molar-refractivity contribution in [2.24, 2.45) is 0 Å². The van der Waals surface area contributed by atoms with Gasteiger partial charge in [-0.2, -0.15) is 0 Å². The van der Waals surface area contributed by atoms with E-state index in [4.69, 9.17) is 27.6 Å². The smallest absolute Gasteiger partial charge is 0.227 e. The highest BCUT2D eigenvalue weighted by molar-refractivity contribution is 6.35. The van der Waals surface area contributed by atoms with Gasteiger partial charge in [-0.15, -0.1) is 0 Å². The number of hydrogen-bond donors (Lipinski definition) is 0. The van der Waals surface area contributed by atoms with Gasteiger partial charge in [0.05, 0.1) is 0 Å². The van der Waals surface area contributed by atoms with E-state index in [1.165, 1.54) is 0 Å². The molecule has 0 fully saturated rings. The van der Waals surface area contributed by atoms with E-state index in [0.29, 0.717) is 15.9 Å². The molecule has 1 heterocycles. The van der Waals surface area contributed by atoms with Gasteiger partial charge in [0.1, 0.15) is 5.52 Å². The molecule has 0 aliphatic heterocycles. The third-order valence-electron chi connectivity index (χ3n) is 2.65. The molecule has 0 aliphatic carbocycles. The van der Waals surface area contributed by atoms with Crippen LogP contribution in [-0.2, 0) is 0 Å². The largest absolute Gasteiger partial charge is 0.436 e. The minimum atomic E-state index is 0.528. The first-order valence-electron chi connectivity index (χ1n) is 5.45. The summed E-state index contributed by atoms with van der Waals surface area (Å²) in [5, 5.41) is 1.13. The fourth-order valence-electron chi connectivity index (χ4n) is 1.84. The van der Waals surface area contributed by atoms with Crippen LogP contribution in [-0.4, -0.2) is 4.98 Å². The Balaban J connectivity index is 2.19. The summed E-state index contributed by atoms with van der Waals surface area (Å²) in [6, 6.07) is 11.1. The Morgan fingerprint density at radius 1 is 1.00 bits per heavy atom. The molecule has 2 nitrogen and oxygen atoms in total. The van der Waals surface area contributed by atoms with Gasteiger partial charge in [0.2, 0.25) is 5.89 Å². The second-order valence-electron chi connectivity index (χ2n) is 4.15. The highest BCUT2D eigenvalue weighted by atomic mass is 35.5. The van der Waals surface area contributed by atoms with Gasteiger partial charge >= 0.3 is 0 Å². The quantitative estimate of drug-likeness (QED) is 0.618. The molecule has 3 rings (SSSR count). The van der Waals surface area contributed by atoms with E-state index < -0.39 is 0 Å². The van der Waals surface area contributed by atoms with Crippen molar-refractivity contribution in [2.75, 3.05) is 0 Å². The molecule has 4 heteroatoms. The van der Waals surface area contributed by atoms with E-state index in [0.717, 1.165) is 22.2 Å². The molecule has 18 heavy (non-hydrogen) atoms. The van der Waals surface area contributed by atoms with Crippen LogP contribution in [0.5, 0.6) is 0 Å². The lowest BCUT2D eigenvalue weighted by molar-refractivity contribution is 0.620. The van der Waals surface area contributed by atoms with Crippen molar-refractivity contribution in [1.29, 1.82) is 0 Å². The molecule has 0 unspecified atom stereocenters. The molecule has 0 atom stereocenters. The minimum absolute atomic E-state index is 0.528. The molecule has 0 saturated carbocycles. The molecule has 1 aromatic heterocycles. The number of rotatable bonds is 1. The highest BCUT2D eigenvalue weighted by Crippen LogP contribution is 2.29. The monoisotopic (exact) mass is 277 g/mol. The summed E-state index contributed by atoms with van der Waals surface area (Å²) < 4.78 is 5.69. The lowest BCUT2D eigenvalue weighted by atomic mass is 10.2. The number of oxazole rings is 1. The van der Waals surface area contributed by atoms with Crippen molar-refractivity contribution >= 4 is 34.3 Å². The fraction of sp³-hybridized carbons (Fsp3) is 0.0714. The number of aryl methyl sites for hydroxylation is 1. The fourth-order valence-corrected chi connectivity index (χ4v) is 2.36. The molecular formula is C14H9Cl2NO. The maximum atomic E-state index is 5.97. The SMILES string of the molecule is Cc1ccc2oc(-c3cc(Cl)cc(Cl)c3)nc2c1. The Bertz CT molecular complexity index is 713. The van der Waals surface area contributed by atoms with Crippen molar-refractivity contribution in [3.63, 3.8) is 0 Å². The van der Waals surface area contributed by atoms with E-state index in [9.17, 15) is 0 Å². The Morgan fingerprint density at radius 2 is 1.72 bits per heavy atom. The predicted molar refractivity (Wildman–Crippen MR) is 74.2 cm³/mol. The van der Waals surface area contributed by atoms with E-state index in [2.05, 4.69) is 4.98 Å². The molecule has 90 valence electrons. The second-order valence-corrected chi connectivity index (χ2v) is 5.02. The zero-order valence-electron chi connectivity index (χ0n) is 9.58. The Kier molecular flexibility index (Phi) is 2.77. The average molecular weight is 278 g/mol. The average Bonchev–Trinajstić information content (AvgIpc) is 2.70. The van der Waals surface area contributed by atoms with Gasteiger partial charge in [0.15, 0.2) is 5.58 Å². The van der Waals surface area contributed by atoms with Crippen LogP contribution < -0.4 is 0 Å². The van der Waals surface area contributed by atoms with Crippen LogP contribution in [0.1, 0.15) is 5.56 Å². The van der Waals surface area contributed by atoms with Crippen LogP contribution in [0.25, 0.3) is 22.6 Å². The molecule has 0 N–H and O–H groups in total. The van der Waals surface area contributed by atoms with E-state index in [1.807, 2.05) is 25.1 Å². The van der Waals surface area contributed by atoms with Gasteiger partial charge in [-0.1, -0.05) is 29.3 Å². The Hall–Kier alpha value is -1.51. The van der Waals surface area contributed by atoms with Gasteiger partial charge in [-0.05, 0) is 42.8 Å². The number of benzene rings is 2. The number of hydrogen-bond acceptors (Lipinski definition) is 2. The van der Waals surface area contributed by atoms with Crippen LogP contribution in [0.2, 0.25) is 10.0 Å². The van der Waals surface area contributed by atoms with E-state index in [1.54, 1.807) is 18.2 Å². The zero-order chi connectivity index (χ0) is 12.7. The molecule has 0 spiro atoms. The summed E-state index contributed by atoms with van der Waals surface area (Å²) >= 11 is 11.9. The predicted octanol–water partition coefficient (Wildman–Crippen LogP) is 5.11. The van der Waals surface area contributed by atoms with Crippen molar-refractivity contribution < 1.29 is 4.42 Å². The lowest BCUT2D eigenvalue weighted by Crippen LogP contribution is -1.78. The second kappa shape index (κ2) is 4.30. The zero-order valence-corrected chi connectivity index (χ0v) is 11.1. The van der Waals surface area contributed by atoms with Crippen LogP contribution in [0.3, 0.4) is 0 Å². The molecular weight excluding hydrogens is 269 g/mol. The van der Waals surface area contributed by atoms with Gasteiger partial charge < -0.3 is 4.42 Å². The van der Waals surface area contributed by atoms with Crippen molar-refractivity contribution in [2.45, 2.75) is 6.92 Å². The van der Waals surface area contributed by atoms with Gasteiger partial charge in [0.25, 0.3) is 0 Å². The molecule has 0 saturated heterocycles. The van der Waals surface area contributed by atoms with Gasteiger partial charge in [-0.25, -0.2) is 4.98 Å². The Labute approximate surface area is 114 Å². The Morgan fingerprint density at radius 3 is 2.44 bits per heavy atom. The summed E-state index contributed by atoms with van der Waals surface area (Å²) in [5.41, 5.74) is 3.51. The van der Waals surface area contributed by atoms with Crippen molar-refractivity contribution in [3.05, 3.63) is 52.0 Å². The summed E-state index contributed by atoms with van der Waals surface area (Å²) in [6.45, 7) is 2.02. The number of nitrogens with zero attached hydrogens (tertiary/aromatic N) is 1. The first-order valence-corrected chi connectivity index (χ1v) is 6.21. The summed E-state index contributed by atoms with van der Waals surface area (Å²) in [4.78, 5) is 4.44. The van der Waals surface area contributed by atoms with E-state index >= 15 is 0 Å². The van der Waals surface area contributed by atoms with Crippen LogP contribution in [0, 0.1) is 6.92 Å². The first kappa shape index (κ1) is 11.6. The van der Waals surface area contributed by atoms with Crippen molar-refractivity contribution in [1.82, 2.24) is 4.98 Å². The molecule has 3 aromatic rings. The molecule has 0 aliphatic rings. The number of halogens is 2. The minimum Gasteiger partial charge on any atom is -0.436 e. The third kappa shape index (κ3) is 2.09. The number of aromatic nitrogens is 1. The van der Waals surface area contributed by atoms with Crippen LogP contribution in [0.4, 0.5) is 0 Å². The van der Waals surface area contributed by atoms with Gasteiger partial charge in [-0.3, -0.25) is 0 Å². The van der Waals surface area contributed by atoms with Gasteiger partial charge in [0, 0.05) is 15.6 Å². The van der Waals surface area contributed by atoms with E-state index in [-0.39, 0.29) is 0 Å². The highest BCUT2D eigenvalue weighted by Gasteiger charge is 2.09. The normalized spacial score (nSPS) is 11.1. The van der Waals surface area contributed by atoms with Crippen LogP contribution >= 0.6 is 23.2 Å². The molecule has 0 radical (unpaired) electrons. The maximum Gasteiger partial charge on any atom is 0.227 e.